The van der Waals surface area contributed by atoms with Crippen LogP contribution in [0, 0.1) is 12.3 Å². The Bertz CT molecular complexity index is 751. The van der Waals surface area contributed by atoms with Crippen LogP contribution in [0.1, 0.15) is 35.1 Å². The van der Waals surface area contributed by atoms with Gasteiger partial charge in [-0.05, 0) is 30.7 Å². The number of nitrogens with one attached hydrogen (secondary N) is 2. The van der Waals surface area contributed by atoms with Gasteiger partial charge in [-0.15, -0.1) is 0 Å². The van der Waals surface area contributed by atoms with Crippen LogP contribution < -0.4 is 10.1 Å². The van der Waals surface area contributed by atoms with Crippen molar-refractivity contribution < 1.29 is 18.3 Å². The first-order valence-electron chi connectivity index (χ1n) is 7.49. The molecular formula is C17H18F2N4O2. The zero-order valence-corrected chi connectivity index (χ0v) is 13.8. The third-order valence-electron chi connectivity index (χ3n) is 3.47. The van der Waals surface area contributed by atoms with Crippen molar-refractivity contribution in [2.24, 2.45) is 0 Å². The minimum atomic E-state index is -2.77. The molecule has 25 heavy (non-hydrogen) atoms. The van der Waals surface area contributed by atoms with Gasteiger partial charge in [0.15, 0.2) is 0 Å². The zero-order valence-electron chi connectivity index (χ0n) is 13.8. The van der Waals surface area contributed by atoms with Crippen molar-refractivity contribution in [2.45, 2.75) is 25.8 Å². The van der Waals surface area contributed by atoms with Crippen LogP contribution >= 0.6 is 0 Å². The van der Waals surface area contributed by atoms with E-state index in [4.69, 9.17) is 10.1 Å². The molecule has 0 fully saturated rings. The Balaban J connectivity index is 2.11. The van der Waals surface area contributed by atoms with Crippen LogP contribution in [0.2, 0.25) is 0 Å². The number of alkyl halides is 2. The maximum atomic E-state index is 12.9. The van der Waals surface area contributed by atoms with Crippen molar-refractivity contribution in [1.82, 2.24) is 15.3 Å². The molecule has 1 atom stereocenters. The lowest BCUT2D eigenvalue weighted by molar-refractivity contribution is -0.121. The van der Waals surface area contributed by atoms with Gasteiger partial charge in [0, 0.05) is 18.5 Å². The summed E-state index contributed by atoms with van der Waals surface area (Å²) in [4.78, 5) is 20.0. The highest BCUT2D eigenvalue weighted by atomic mass is 19.3. The fourth-order valence-corrected chi connectivity index (χ4v) is 2.18. The molecule has 0 aliphatic heterocycles. The van der Waals surface area contributed by atoms with Gasteiger partial charge in [-0.2, -0.15) is 0 Å². The van der Waals surface area contributed by atoms with E-state index in [1.54, 1.807) is 31.4 Å². The highest BCUT2D eigenvalue weighted by molar-refractivity contribution is 5.97. The topological polar surface area (TPSA) is 88.0 Å². The molecular weight excluding hydrogens is 330 g/mol. The van der Waals surface area contributed by atoms with Crippen LogP contribution in [0.4, 0.5) is 8.78 Å². The molecule has 0 saturated carbocycles. The van der Waals surface area contributed by atoms with Crippen LogP contribution in [0.25, 0.3) is 0 Å². The molecule has 2 N–H and O–H groups in total. The van der Waals surface area contributed by atoms with Crippen molar-refractivity contribution >= 4 is 12.1 Å². The van der Waals surface area contributed by atoms with E-state index in [1.807, 2.05) is 0 Å². The first-order chi connectivity index (χ1) is 11.9. The van der Waals surface area contributed by atoms with Crippen molar-refractivity contribution in [3.63, 3.8) is 0 Å². The number of methoxy groups -OCH3 is 1. The van der Waals surface area contributed by atoms with Gasteiger partial charge in [0.1, 0.15) is 23.2 Å². The molecule has 0 spiro atoms. The highest BCUT2D eigenvalue weighted by Crippen LogP contribution is 2.19. The van der Waals surface area contributed by atoms with Gasteiger partial charge in [0.2, 0.25) is 5.91 Å². The number of hydrogen-bond acceptors (Lipinski definition) is 5. The zero-order chi connectivity index (χ0) is 18.4. The van der Waals surface area contributed by atoms with Crippen LogP contribution in [-0.2, 0) is 11.3 Å². The van der Waals surface area contributed by atoms with Crippen molar-refractivity contribution in [3.8, 4) is 5.75 Å². The number of halogens is 2. The normalized spacial score (nSPS) is 11.9. The van der Waals surface area contributed by atoms with Crippen LogP contribution in [0.3, 0.4) is 0 Å². The van der Waals surface area contributed by atoms with E-state index < -0.39 is 23.9 Å². The number of rotatable bonds is 7. The number of aryl methyl sites for hydroxylation is 1. The largest absolute Gasteiger partial charge is 0.497 e. The van der Waals surface area contributed by atoms with E-state index in [0.717, 1.165) is 17.8 Å². The third-order valence-corrected chi connectivity index (χ3v) is 3.47. The monoisotopic (exact) mass is 348 g/mol. The first kappa shape index (κ1) is 18.4. The van der Waals surface area contributed by atoms with Crippen LogP contribution in [-0.4, -0.2) is 29.2 Å². The molecule has 1 aromatic carbocycles. The molecule has 2 rings (SSSR count). The van der Waals surface area contributed by atoms with Gasteiger partial charge in [0.05, 0.1) is 7.11 Å². The van der Waals surface area contributed by atoms with Crippen molar-refractivity contribution in [1.29, 1.82) is 5.41 Å². The van der Waals surface area contributed by atoms with Crippen LogP contribution in [0.15, 0.2) is 30.3 Å². The number of nitrogens with zero attached hydrogens (tertiary/aromatic N) is 2. The lowest BCUT2D eigenvalue weighted by atomic mass is 10.1. The van der Waals surface area contributed by atoms with E-state index in [9.17, 15) is 13.6 Å². The van der Waals surface area contributed by atoms with Gasteiger partial charge in [-0.3, -0.25) is 4.79 Å². The Morgan fingerprint density at radius 2 is 2.00 bits per heavy atom. The predicted molar refractivity (Wildman–Crippen MR) is 88.1 cm³/mol. The summed E-state index contributed by atoms with van der Waals surface area (Å²) < 4.78 is 30.8. The number of carbonyl (C=O) groups excluding carboxylic acids is 1. The number of ether oxygens (including phenoxy) is 1. The average Bonchev–Trinajstić information content (AvgIpc) is 2.60. The number of amides is 1. The fourth-order valence-electron chi connectivity index (χ4n) is 2.18. The summed E-state index contributed by atoms with van der Waals surface area (Å²) in [5, 5.41) is 10.1. The van der Waals surface area contributed by atoms with Crippen LogP contribution in [0.5, 0.6) is 5.75 Å². The highest BCUT2D eigenvalue weighted by Gasteiger charge is 2.23. The van der Waals surface area contributed by atoms with E-state index >= 15 is 0 Å². The Morgan fingerprint density at radius 1 is 1.32 bits per heavy atom. The molecule has 0 saturated heterocycles. The summed E-state index contributed by atoms with van der Waals surface area (Å²) in [6, 6.07) is 8.25. The number of benzene rings is 1. The standard InChI is InChI=1S/C17H18F2N4O2/c1-10-7-14(15(18)19)23-16(22-10)13(8-20)17(24)21-9-11-3-5-12(25-2)6-4-11/h3-8,13,15,20H,9H2,1-2H3,(H,21,24). The lowest BCUT2D eigenvalue weighted by Gasteiger charge is -2.13. The quantitative estimate of drug-likeness (QED) is 0.753. The summed E-state index contributed by atoms with van der Waals surface area (Å²) in [5.41, 5.74) is 0.684. The molecule has 0 bridgehead atoms. The number of carbonyl (C=O) groups is 1. The third kappa shape index (κ3) is 4.79. The molecule has 1 amide bonds. The van der Waals surface area contributed by atoms with Gasteiger partial charge in [-0.25, -0.2) is 18.7 Å². The van der Waals surface area contributed by atoms with E-state index in [-0.39, 0.29) is 12.4 Å². The molecule has 132 valence electrons. The SMILES string of the molecule is COc1ccc(CNC(=O)C(C=N)c2nc(C)cc(C(F)F)n2)cc1. The molecule has 8 heteroatoms. The summed E-state index contributed by atoms with van der Waals surface area (Å²) in [6.07, 6.45) is -1.93. The first-order valence-corrected chi connectivity index (χ1v) is 7.49. The molecule has 0 aliphatic rings. The van der Waals surface area contributed by atoms with E-state index in [2.05, 4.69) is 15.3 Å². The predicted octanol–water partition coefficient (Wildman–Crippen LogP) is 2.78. The molecule has 1 aromatic heterocycles. The van der Waals surface area contributed by atoms with E-state index in [1.165, 1.54) is 6.92 Å². The Labute approximate surface area is 143 Å². The maximum absolute atomic E-state index is 12.9. The Morgan fingerprint density at radius 3 is 2.56 bits per heavy atom. The second kappa shape index (κ2) is 8.27. The molecule has 1 heterocycles. The molecule has 6 nitrogen and oxygen atoms in total. The summed E-state index contributed by atoms with van der Waals surface area (Å²) in [6.45, 7) is 1.76. The fraction of sp³-hybridized carbons (Fsp3) is 0.294. The molecule has 1 unspecified atom stereocenters. The Kier molecular flexibility index (Phi) is 6.10. The number of aromatic nitrogens is 2. The van der Waals surface area contributed by atoms with Gasteiger partial charge < -0.3 is 15.5 Å². The minimum absolute atomic E-state index is 0.113. The van der Waals surface area contributed by atoms with Gasteiger partial charge in [0.25, 0.3) is 6.43 Å². The molecule has 0 radical (unpaired) electrons. The smallest absolute Gasteiger partial charge is 0.280 e. The average molecular weight is 348 g/mol. The Hall–Kier alpha value is -2.90. The summed E-state index contributed by atoms with van der Waals surface area (Å²) in [5.74, 6) is -1.08. The van der Waals surface area contributed by atoms with Gasteiger partial charge in [-0.1, -0.05) is 12.1 Å². The van der Waals surface area contributed by atoms with Gasteiger partial charge >= 0.3 is 0 Å². The molecule has 0 aliphatic carbocycles. The van der Waals surface area contributed by atoms with Crippen molar-refractivity contribution in [3.05, 3.63) is 53.1 Å². The van der Waals surface area contributed by atoms with Crippen molar-refractivity contribution in [2.75, 3.05) is 7.11 Å². The maximum Gasteiger partial charge on any atom is 0.280 e. The van der Waals surface area contributed by atoms with E-state index in [0.29, 0.717) is 11.4 Å². The lowest BCUT2D eigenvalue weighted by Crippen LogP contribution is -2.31. The second-order valence-electron chi connectivity index (χ2n) is 5.30. The summed E-state index contributed by atoms with van der Waals surface area (Å²) in [7, 11) is 1.56. The molecule has 2 aromatic rings. The second-order valence-corrected chi connectivity index (χ2v) is 5.30. The minimum Gasteiger partial charge on any atom is -0.497 e. The summed E-state index contributed by atoms with van der Waals surface area (Å²) >= 11 is 0. The number of hydrogen-bond donors (Lipinski definition) is 2.